The predicted octanol–water partition coefficient (Wildman–Crippen LogP) is 5.40. The molecule has 2 rings (SSSR count). The van der Waals surface area contributed by atoms with Crippen LogP contribution in [0, 0.1) is 0 Å². The Morgan fingerprint density at radius 1 is 0.905 bits per heavy atom. The van der Waals surface area contributed by atoms with E-state index in [0.29, 0.717) is 0 Å². The molecule has 21 heavy (non-hydrogen) atoms. The van der Waals surface area contributed by atoms with Crippen LogP contribution in [0.1, 0.15) is 13.8 Å². The molecular formula is C13H24S8. The van der Waals surface area contributed by atoms with Crippen LogP contribution in [-0.2, 0) is 0 Å². The minimum absolute atomic E-state index is 0.749. The summed E-state index contributed by atoms with van der Waals surface area (Å²) in [7, 11) is 0. The lowest BCUT2D eigenvalue weighted by atomic mass is 10.5. The summed E-state index contributed by atoms with van der Waals surface area (Å²) in [5.74, 6) is 4.63. The number of hydrogen-bond donors (Lipinski definition) is 2. The smallest absolute Gasteiger partial charge is 0.0622 e. The zero-order valence-corrected chi connectivity index (χ0v) is 19.0. The molecule has 2 saturated heterocycles. The highest BCUT2D eigenvalue weighted by molar-refractivity contribution is 8.24. The fourth-order valence-electron chi connectivity index (χ4n) is 2.04. The Labute approximate surface area is 166 Å². The molecule has 0 bridgehead atoms. The van der Waals surface area contributed by atoms with Crippen LogP contribution in [0.3, 0.4) is 0 Å². The van der Waals surface area contributed by atoms with E-state index in [4.69, 9.17) is 0 Å². The van der Waals surface area contributed by atoms with Gasteiger partial charge in [-0.25, -0.2) is 0 Å². The highest BCUT2D eigenvalue weighted by Gasteiger charge is 2.31. The Morgan fingerprint density at radius 3 is 1.67 bits per heavy atom. The molecule has 0 spiro atoms. The van der Waals surface area contributed by atoms with Crippen molar-refractivity contribution in [3.05, 3.63) is 0 Å². The zero-order chi connectivity index (χ0) is 15.2. The third kappa shape index (κ3) is 6.55. The van der Waals surface area contributed by atoms with Crippen molar-refractivity contribution in [2.24, 2.45) is 0 Å². The van der Waals surface area contributed by atoms with Crippen LogP contribution >= 0.6 is 95.8 Å². The lowest BCUT2D eigenvalue weighted by molar-refractivity contribution is 1.08. The van der Waals surface area contributed by atoms with E-state index in [0.717, 1.165) is 41.7 Å². The molecule has 8 heteroatoms. The van der Waals surface area contributed by atoms with Crippen molar-refractivity contribution in [1.82, 2.24) is 0 Å². The van der Waals surface area contributed by atoms with Crippen molar-refractivity contribution >= 4 is 95.8 Å². The highest BCUT2D eigenvalue weighted by atomic mass is 32.2. The molecular weight excluding hydrogens is 413 g/mol. The van der Waals surface area contributed by atoms with Gasteiger partial charge in [0.15, 0.2) is 0 Å². The standard InChI is InChI=1S/C13H24S8/c1-8(12-16-5-10(3-14)20-12)18-7-19-9(2)13-17-6-11(4-15)21-13/h8-15H,3-7H2,1-2H3. The fraction of sp³-hybridized carbons (Fsp3) is 1.00. The van der Waals surface area contributed by atoms with Gasteiger partial charge in [0, 0.05) is 49.1 Å². The molecule has 0 nitrogen and oxygen atoms in total. The molecule has 2 heterocycles. The summed E-state index contributed by atoms with van der Waals surface area (Å²) >= 11 is 21.7. The highest BCUT2D eigenvalue weighted by Crippen LogP contribution is 2.46. The molecule has 0 aromatic rings. The van der Waals surface area contributed by atoms with E-state index < -0.39 is 0 Å². The second kappa shape index (κ2) is 10.7. The Hall–Kier alpha value is 2.80. The van der Waals surface area contributed by atoms with Crippen molar-refractivity contribution in [3.63, 3.8) is 0 Å². The van der Waals surface area contributed by atoms with Crippen LogP contribution in [0.2, 0.25) is 0 Å². The summed E-state index contributed by atoms with van der Waals surface area (Å²) in [6.07, 6.45) is 0. The molecule has 0 aromatic carbocycles. The van der Waals surface area contributed by atoms with E-state index in [1.807, 2.05) is 0 Å². The van der Waals surface area contributed by atoms with Gasteiger partial charge in [-0.3, -0.25) is 0 Å². The Balaban J connectivity index is 1.60. The molecule has 2 aliphatic heterocycles. The van der Waals surface area contributed by atoms with Gasteiger partial charge in [0.25, 0.3) is 0 Å². The third-order valence-electron chi connectivity index (χ3n) is 3.38. The molecule has 2 aliphatic rings. The second-order valence-corrected chi connectivity index (χ2v) is 14.8. The molecule has 6 atom stereocenters. The lowest BCUT2D eigenvalue weighted by Gasteiger charge is -2.21. The molecule has 6 unspecified atom stereocenters. The predicted molar refractivity (Wildman–Crippen MR) is 122 cm³/mol. The summed E-state index contributed by atoms with van der Waals surface area (Å²) in [4.78, 5) is 0. The van der Waals surface area contributed by atoms with Gasteiger partial charge < -0.3 is 0 Å². The normalized spacial score (nSPS) is 36.0. The first kappa shape index (κ1) is 20.1. The first-order chi connectivity index (χ1) is 10.1. The van der Waals surface area contributed by atoms with Gasteiger partial charge in [-0.1, -0.05) is 13.8 Å². The van der Waals surface area contributed by atoms with Crippen molar-refractivity contribution in [2.75, 3.05) is 28.1 Å². The van der Waals surface area contributed by atoms with E-state index in [2.05, 4.69) is 110 Å². The van der Waals surface area contributed by atoms with Gasteiger partial charge in [-0.05, 0) is 0 Å². The average Bonchev–Trinajstić information content (AvgIpc) is 3.15. The Kier molecular flexibility index (Phi) is 10.3. The monoisotopic (exact) mass is 436 g/mol. The minimum atomic E-state index is 0.749. The maximum atomic E-state index is 4.43. The third-order valence-corrected chi connectivity index (χ3v) is 15.5. The molecule has 0 aromatic heterocycles. The van der Waals surface area contributed by atoms with Gasteiger partial charge in [-0.15, -0.1) is 70.6 Å². The van der Waals surface area contributed by atoms with E-state index in [1.165, 1.54) is 16.6 Å². The van der Waals surface area contributed by atoms with E-state index in [1.54, 1.807) is 0 Å². The van der Waals surface area contributed by atoms with Crippen LogP contribution in [-0.4, -0.2) is 58.3 Å². The molecule has 0 amide bonds. The Bertz CT molecular complexity index is 274. The first-order valence-electron chi connectivity index (χ1n) is 7.13. The minimum Gasteiger partial charge on any atom is -0.178 e. The number of thiol groups is 2. The van der Waals surface area contributed by atoms with Crippen LogP contribution in [0.5, 0.6) is 0 Å². The summed E-state index contributed by atoms with van der Waals surface area (Å²) in [6, 6.07) is 0. The summed E-state index contributed by atoms with van der Waals surface area (Å²) < 4.78 is 1.54. The average molecular weight is 437 g/mol. The van der Waals surface area contributed by atoms with Gasteiger partial charge >= 0.3 is 0 Å². The van der Waals surface area contributed by atoms with Crippen LogP contribution in [0.4, 0.5) is 0 Å². The molecule has 0 saturated carbocycles. The van der Waals surface area contributed by atoms with Gasteiger partial charge in [-0.2, -0.15) is 25.3 Å². The van der Waals surface area contributed by atoms with Gasteiger partial charge in [0.05, 0.1) is 9.16 Å². The number of rotatable bonds is 8. The van der Waals surface area contributed by atoms with Gasteiger partial charge in [0.2, 0.25) is 0 Å². The first-order valence-corrected chi connectivity index (χ1v) is 14.5. The van der Waals surface area contributed by atoms with Crippen molar-refractivity contribution in [2.45, 2.75) is 44.0 Å². The number of hydrogen-bond acceptors (Lipinski definition) is 8. The topological polar surface area (TPSA) is 0 Å². The lowest BCUT2D eigenvalue weighted by Crippen LogP contribution is -2.14. The second-order valence-electron chi connectivity index (χ2n) is 5.15. The summed E-state index contributed by atoms with van der Waals surface area (Å²) in [6.45, 7) is 4.80. The van der Waals surface area contributed by atoms with Crippen molar-refractivity contribution in [1.29, 1.82) is 0 Å². The molecule has 0 radical (unpaired) electrons. The molecule has 2 fully saturated rings. The maximum Gasteiger partial charge on any atom is 0.0622 e. The van der Waals surface area contributed by atoms with Gasteiger partial charge in [0.1, 0.15) is 0 Å². The van der Waals surface area contributed by atoms with Crippen LogP contribution in [0.15, 0.2) is 0 Å². The van der Waals surface area contributed by atoms with E-state index in [-0.39, 0.29) is 0 Å². The maximum absolute atomic E-state index is 4.43. The molecule has 124 valence electrons. The van der Waals surface area contributed by atoms with Crippen molar-refractivity contribution < 1.29 is 0 Å². The number of thioether (sulfide) groups is 6. The molecule has 0 N–H and O–H groups in total. The van der Waals surface area contributed by atoms with Crippen LogP contribution in [0.25, 0.3) is 0 Å². The summed E-state index contributed by atoms with van der Waals surface area (Å²) in [5.41, 5.74) is 0. The summed E-state index contributed by atoms with van der Waals surface area (Å²) in [5, 5.41) is 4.26. The van der Waals surface area contributed by atoms with Crippen LogP contribution < -0.4 is 0 Å². The largest absolute Gasteiger partial charge is 0.178 e. The Morgan fingerprint density at radius 2 is 1.33 bits per heavy atom. The van der Waals surface area contributed by atoms with E-state index in [9.17, 15) is 0 Å². The molecule has 0 aliphatic carbocycles. The quantitative estimate of drug-likeness (QED) is 0.383. The van der Waals surface area contributed by atoms with Crippen molar-refractivity contribution in [3.8, 4) is 0 Å². The SMILES string of the molecule is CC(SCSC(C)C1SCC(CS)S1)C1SCC(CS)S1. The van der Waals surface area contributed by atoms with E-state index >= 15 is 0 Å². The fourth-order valence-corrected chi connectivity index (χ4v) is 13.4. The zero-order valence-electron chi connectivity index (χ0n) is 12.3.